The van der Waals surface area contributed by atoms with Crippen LogP contribution in [-0.2, 0) is 35.5 Å². The number of anilines is 2. The Kier molecular flexibility index (Phi) is 15.1. The quantitative estimate of drug-likeness (QED) is 0.142. The minimum Gasteiger partial charge on any atom is -0.355 e. The van der Waals surface area contributed by atoms with Crippen LogP contribution in [-0.4, -0.2) is 170 Å². The largest absolute Gasteiger partial charge is 0.355 e. The molecule has 0 radical (unpaired) electrons. The summed E-state index contributed by atoms with van der Waals surface area (Å²) in [7, 11) is 8.31. The zero-order valence-corrected chi connectivity index (χ0v) is 44.0. The fourth-order valence-corrected chi connectivity index (χ4v) is 12.6. The Morgan fingerprint density at radius 1 is 0.649 bits per heavy atom. The van der Waals surface area contributed by atoms with Crippen LogP contribution in [0.3, 0.4) is 0 Å². The predicted octanol–water partition coefficient (Wildman–Crippen LogP) is 6.58. The molecular weight excluding hydrogens is 935 g/mol. The molecule has 10 rings (SSSR count). The molecule has 4 fully saturated rings. The molecule has 2 amide bonds. The number of carbonyl (C=O) groups excluding carboxylic acids is 2. The Hall–Kier alpha value is -6.56. The van der Waals surface area contributed by atoms with Crippen molar-refractivity contribution in [3.8, 4) is 34.4 Å². The van der Waals surface area contributed by atoms with E-state index in [9.17, 15) is 20.1 Å². The topological polar surface area (TPSA) is 133 Å². The summed E-state index contributed by atoms with van der Waals surface area (Å²) in [4.78, 5) is 51.5. The van der Waals surface area contributed by atoms with Crippen molar-refractivity contribution in [2.45, 2.75) is 64.7 Å². The molecule has 6 aliphatic rings. The fourth-order valence-electron chi connectivity index (χ4n) is 12.6. The fraction of sp³-hybridized carbons (Fsp3) is 0.483. The van der Waals surface area contributed by atoms with E-state index in [1.165, 1.54) is 24.3 Å². The number of carbonyl (C=O) groups is 2. The normalized spacial score (nSPS) is 19.5. The molecule has 0 saturated carbocycles. The zero-order chi connectivity index (χ0) is 52.6. The van der Waals surface area contributed by atoms with E-state index in [-0.39, 0.29) is 34.3 Å². The van der Waals surface area contributed by atoms with Gasteiger partial charge in [0.25, 0.3) is 0 Å². The first kappa shape index (κ1) is 52.3. The van der Waals surface area contributed by atoms with E-state index >= 15 is 8.78 Å². The maximum atomic E-state index is 15.2. The molecule has 14 nitrogen and oxygen atoms in total. The van der Waals surface area contributed by atoms with Crippen molar-refractivity contribution < 1.29 is 18.4 Å². The van der Waals surface area contributed by atoms with Gasteiger partial charge in [-0.3, -0.25) is 19.4 Å². The maximum Gasteiger partial charge on any atom is 0.245 e. The third kappa shape index (κ3) is 10.2. The summed E-state index contributed by atoms with van der Waals surface area (Å²) >= 11 is 0. The van der Waals surface area contributed by atoms with Crippen molar-refractivity contribution in [2.24, 2.45) is 10.8 Å². The monoisotopic (exact) mass is 1000 g/mol. The van der Waals surface area contributed by atoms with E-state index in [0.717, 1.165) is 101 Å². The number of likely N-dealkylation sites (tertiary alicyclic amines) is 2. The van der Waals surface area contributed by atoms with Crippen LogP contribution in [0.5, 0.6) is 0 Å². The summed E-state index contributed by atoms with van der Waals surface area (Å²) in [6.45, 7) is 22.3. The van der Waals surface area contributed by atoms with Crippen LogP contribution in [0.2, 0.25) is 0 Å². The van der Waals surface area contributed by atoms with Crippen LogP contribution < -0.4 is 9.80 Å². The summed E-state index contributed by atoms with van der Waals surface area (Å²) in [6.07, 6.45) is 6.03. The Bertz CT molecular complexity index is 2720. The first-order chi connectivity index (χ1) is 35.5. The van der Waals surface area contributed by atoms with Crippen LogP contribution in [0.15, 0.2) is 73.8 Å². The van der Waals surface area contributed by atoms with E-state index in [1.807, 2.05) is 21.9 Å². The third-order valence-electron chi connectivity index (χ3n) is 16.3. The summed E-state index contributed by atoms with van der Waals surface area (Å²) < 4.78 is 30.3. The highest BCUT2D eigenvalue weighted by Crippen LogP contribution is 2.46. The molecule has 2 unspecified atom stereocenters. The van der Waals surface area contributed by atoms with Crippen molar-refractivity contribution in [3.05, 3.63) is 119 Å². The number of likely N-dealkylation sites (N-methyl/N-ethyl adjacent to an activating group) is 2. The first-order valence-electron chi connectivity index (χ1n) is 26.0. The Morgan fingerprint density at radius 3 is 1.36 bits per heavy atom. The van der Waals surface area contributed by atoms with Gasteiger partial charge >= 0.3 is 0 Å². The van der Waals surface area contributed by atoms with E-state index in [1.54, 1.807) is 24.3 Å². The summed E-state index contributed by atoms with van der Waals surface area (Å²) in [5.74, 6) is 0.568. The van der Waals surface area contributed by atoms with Gasteiger partial charge in [-0.05, 0) is 103 Å². The van der Waals surface area contributed by atoms with Gasteiger partial charge in [-0.25, -0.2) is 18.7 Å². The van der Waals surface area contributed by atoms with Crippen LogP contribution in [0.25, 0.3) is 22.3 Å². The Morgan fingerprint density at radius 2 is 1.03 bits per heavy atom. The van der Waals surface area contributed by atoms with Gasteiger partial charge in [0.1, 0.15) is 46.5 Å². The second kappa shape index (κ2) is 21.4. The minimum absolute atomic E-state index is 0.00734. The molecule has 2 aromatic carbocycles. The number of nitriles is 2. The highest BCUT2D eigenvalue weighted by molar-refractivity contribution is 5.88. The summed E-state index contributed by atoms with van der Waals surface area (Å²) in [5.41, 5.74) is 7.08. The second-order valence-electron chi connectivity index (χ2n) is 22.2. The van der Waals surface area contributed by atoms with Crippen molar-refractivity contribution in [3.63, 3.8) is 0 Å². The lowest BCUT2D eigenvalue weighted by molar-refractivity contribution is -0.137. The lowest BCUT2D eigenvalue weighted by Gasteiger charge is -2.47. The van der Waals surface area contributed by atoms with Gasteiger partial charge < -0.3 is 29.4 Å². The zero-order valence-electron chi connectivity index (χ0n) is 44.0. The molecule has 0 N–H and O–H groups in total. The molecule has 0 bridgehead atoms. The van der Waals surface area contributed by atoms with Gasteiger partial charge in [-0.1, -0.05) is 49.6 Å². The molecule has 4 saturated heterocycles. The van der Waals surface area contributed by atoms with E-state index in [2.05, 4.69) is 96.7 Å². The number of hydrogen-bond donors (Lipinski definition) is 0. The van der Waals surface area contributed by atoms with Crippen molar-refractivity contribution >= 4 is 23.5 Å². The average Bonchev–Trinajstić information content (AvgIpc) is 4.03. The van der Waals surface area contributed by atoms with E-state index in [4.69, 9.17) is 9.97 Å². The van der Waals surface area contributed by atoms with Crippen molar-refractivity contribution in [2.75, 3.05) is 117 Å². The first-order valence-corrected chi connectivity index (χ1v) is 26.0. The number of fused-ring (bicyclic) bond motifs is 2. The van der Waals surface area contributed by atoms with Crippen molar-refractivity contribution in [1.29, 1.82) is 10.5 Å². The number of amides is 2. The Labute approximate surface area is 435 Å². The van der Waals surface area contributed by atoms with E-state index < -0.39 is 0 Å². The lowest BCUT2D eigenvalue weighted by Crippen LogP contribution is -2.59. The number of aromatic nitrogens is 2. The van der Waals surface area contributed by atoms with Gasteiger partial charge in [-0.2, -0.15) is 10.5 Å². The SMILES string of the molecule is C=CC(=O)N1CC2(CCN(c3nc4c(c(-c5ccccc5F)c3C#N)CCN(C(C)CN(C)C)C4)C2)C1.C=CC(=O)N1CC2(CCN(c3nc4c(c(-c5ccccc5F)c3C#N)CCN(C(C)CN(C)C)C4)C2)C1. The molecule has 2 spiro atoms. The van der Waals surface area contributed by atoms with Gasteiger partial charge in [0.05, 0.1) is 11.4 Å². The number of pyridine rings is 2. The number of benzene rings is 2. The molecule has 2 aromatic heterocycles. The van der Waals surface area contributed by atoms with Crippen molar-refractivity contribution in [1.82, 2.24) is 39.4 Å². The highest BCUT2D eigenvalue weighted by atomic mass is 19.1. The van der Waals surface area contributed by atoms with Gasteiger partial charge in [0.15, 0.2) is 0 Å². The standard InChI is InChI=1S/2C29H35FN6O/c2*1-5-26(37)36-18-29(19-36)11-13-35(17-29)28-23(14-31)27(21-8-6-7-9-24(21)30)22-10-12-34(16-25(22)32-28)20(2)15-33(3)4/h2*5-9,20H,1,10-13,15-19H2,2-4H3. The van der Waals surface area contributed by atoms with Crippen LogP contribution >= 0.6 is 0 Å². The van der Waals surface area contributed by atoms with Gasteiger partial charge in [-0.15, -0.1) is 0 Å². The number of hydrogen-bond acceptors (Lipinski definition) is 12. The molecule has 16 heteroatoms. The lowest BCUT2D eigenvalue weighted by atomic mass is 9.79. The molecular formula is C58H70F2N12O2. The average molecular weight is 1010 g/mol. The number of nitrogens with zero attached hydrogens (tertiary/aromatic N) is 12. The maximum absolute atomic E-state index is 15.2. The molecule has 4 aromatic rings. The number of halogens is 2. The van der Waals surface area contributed by atoms with Gasteiger partial charge in [0, 0.05) is 137 Å². The molecule has 8 heterocycles. The summed E-state index contributed by atoms with van der Waals surface area (Å²) in [5, 5.41) is 20.8. The minimum atomic E-state index is -0.322. The van der Waals surface area contributed by atoms with Gasteiger partial charge in [0.2, 0.25) is 11.8 Å². The van der Waals surface area contributed by atoms with Crippen LogP contribution in [0, 0.1) is 45.1 Å². The second-order valence-corrected chi connectivity index (χ2v) is 22.2. The van der Waals surface area contributed by atoms with Crippen LogP contribution in [0.1, 0.15) is 60.3 Å². The van der Waals surface area contributed by atoms with Crippen LogP contribution in [0.4, 0.5) is 20.4 Å². The number of rotatable bonds is 12. The smallest absolute Gasteiger partial charge is 0.245 e. The van der Waals surface area contributed by atoms with E-state index in [0.29, 0.717) is 96.4 Å². The summed E-state index contributed by atoms with van der Waals surface area (Å²) in [6, 6.07) is 19.0. The highest BCUT2D eigenvalue weighted by Gasteiger charge is 2.51. The molecule has 74 heavy (non-hydrogen) atoms. The molecule has 2 atom stereocenters. The predicted molar refractivity (Wildman–Crippen MR) is 285 cm³/mol. The Balaban J connectivity index is 0.000000182. The molecule has 0 aliphatic carbocycles. The molecule has 388 valence electrons. The third-order valence-corrected chi connectivity index (χ3v) is 16.3. The molecule has 6 aliphatic heterocycles.